The van der Waals surface area contributed by atoms with Crippen LogP contribution in [0.25, 0.3) is 33.6 Å². The van der Waals surface area contributed by atoms with Crippen LogP contribution in [0.2, 0.25) is 0 Å². The minimum absolute atomic E-state index is 0.0544. The van der Waals surface area contributed by atoms with E-state index in [9.17, 15) is 6.85 Å². The van der Waals surface area contributed by atoms with Gasteiger partial charge in [-0.05, 0) is 54.7 Å². The predicted octanol–water partition coefficient (Wildman–Crippen LogP) is 5.80. The first-order chi connectivity index (χ1) is 23.7. The normalized spacial score (nSPS) is 24.5. The topological polar surface area (TPSA) is 7.76 Å². The monoisotopic (exact) mass is 442 g/mol. The van der Waals surface area contributed by atoms with Crippen LogP contribution < -0.4 is 9.13 Å². The molecule has 1 atom stereocenters. The standard InChI is InChI=1S/C31H24N2/c1-21-9-7-11-23(19-21)24-16-18-33-29(20-24)25-12-3-4-14-27(25)31(33)30-22(2)10-8-13-26(30)28-15-5-6-17-32(28)31/h3-20H,1-2H3/q+2/i3D,4D,5D,6D,7D,8D,9D,10D,11D,12D,13D,14D,15D,16D,17D,18D,19D,20D. The van der Waals surface area contributed by atoms with Crippen molar-refractivity contribution in [1.82, 2.24) is 0 Å². The molecular formula is C31H24N2+2. The summed E-state index contributed by atoms with van der Waals surface area (Å²) in [7, 11) is 0. The molecule has 3 aromatic carbocycles. The highest BCUT2D eigenvalue weighted by atomic mass is 15.3. The molecule has 0 bridgehead atoms. The highest BCUT2D eigenvalue weighted by Gasteiger charge is 2.66. The second-order valence-corrected chi connectivity index (χ2v) is 7.76. The second-order valence-electron chi connectivity index (χ2n) is 7.76. The summed E-state index contributed by atoms with van der Waals surface area (Å²) in [6, 6.07) is -10.8. The van der Waals surface area contributed by atoms with Gasteiger partial charge >= 0.3 is 5.66 Å². The number of hydrogen-bond acceptors (Lipinski definition) is 0. The van der Waals surface area contributed by atoms with E-state index in [1.807, 2.05) is 0 Å². The van der Waals surface area contributed by atoms with E-state index in [0.717, 1.165) is 9.13 Å². The van der Waals surface area contributed by atoms with Crippen molar-refractivity contribution in [2.75, 3.05) is 0 Å². The molecule has 5 aromatic rings. The SMILES string of the molecule is [2H]c1c([2H])c(C)c([2H])c(-c2c([2H])c([2H])[n+]3c(c2[2H])-c2c([2H])c([2H])c([2H])c([2H])c2C32c3c(C)c([2H])c([2H])c([2H])c3-c3c([2H])c([2H])c([2H])c([2H])[n+]32)c1[2H]. The third kappa shape index (κ3) is 2.28. The quantitative estimate of drug-likeness (QED) is 0.284. The van der Waals surface area contributed by atoms with Crippen LogP contribution in [0.5, 0.6) is 0 Å². The Morgan fingerprint density at radius 1 is 0.636 bits per heavy atom. The zero-order valence-electron chi connectivity index (χ0n) is 35.4. The fourth-order valence-corrected chi connectivity index (χ4v) is 4.72. The lowest BCUT2D eigenvalue weighted by Crippen LogP contribution is -2.71. The van der Waals surface area contributed by atoms with Crippen molar-refractivity contribution in [3.63, 3.8) is 0 Å². The first-order valence-corrected chi connectivity index (χ1v) is 10.1. The molecule has 1 unspecified atom stereocenters. The molecule has 0 aliphatic carbocycles. The maximum atomic E-state index is 9.56. The van der Waals surface area contributed by atoms with Gasteiger partial charge in [0.05, 0.1) is 33.1 Å². The van der Waals surface area contributed by atoms with Gasteiger partial charge in [0.1, 0.15) is 13.9 Å². The molecular weight excluding hydrogens is 400 g/mol. The Morgan fingerprint density at radius 2 is 1.39 bits per heavy atom. The van der Waals surface area contributed by atoms with Crippen molar-refractivity contribution in [2.24, 2.45) is 0 Å². The number of benzene rings is 3. The van der Waals surface area contributed by atoms with Gasteiger partial charge in [-0.25, -0.2) is 0 Å². The lowest BCUT2D eigenvalue weighted by atomic mass is 9.87. The molecule has 4 heterocycles. The summed E-state index contributed by atoms with van der Waals surface area (Å²) in [5.74, 6) is 0. The summed E-state index contributed by atoms with van der Waals surface area (Å²) in [5.41, 5.74) is -5.74. The summed E-state index contributed by atoms with van der Waals surface area (Å²) in [4.78, 5) is 0. The molecule has 0 N–H and O–H groups in total. The summed E-state index contributed by atoms with van der Waals surface area (Å²) in [6.07, 6.45) is -1.64. The van der Waals surface area contributed by atoms with Crippen molar-refractivity contribution >= 4 is 0 Å². The highest BCUT2D eigenvalue weighted by molar-refractivity contribution is 5.77. The fraction of sp³-hybridized carbons (Fsp3) is 0.0968. The molecule has 0 radical (unpaired) electrons. The number of hydrogen-bond donors (Lipinski definition) is 0. The Balaban J connectivity index is 1.87. The van der Waals surface area contributed by atoms with Crippen LogP contribution in [-0.4, -0.2) is 0 Å². The Kier molecular flexibility index (Phi) is 1.59. The molecule has 2 aliphatic heterocycles. The average molecular weight is 443 g/mol. The van der Waals surface area contributed by atoms with Gasteiger partial charge in [0, 0.05) is 24.2 Å². The van der Waals surface area contributed by atoms with E-state index >= 15 is 0 Å². The van der Waals surface area contributed by atoms with Crippen LogP contribution in [0, 0.1) is 13.8 Å². The van der Waals surface area contributed by atoms with Gasteiger partial charge in [-0.2, -0.15) is 0 Å². The molecule has 0 saturated heterocycles. The van der Waals surface area contributed by atoms with Crippen LogP contribution >= 0.6 is 0 Å². The van der Waals surface area contributed by atoms with E-state index in [2.05, 4.69) is 0 Å². The zero-order chi connectivity index (χ0) is 37.8. The Morgan fingerprint density at radius 3 is 2.33 bits per heavy atom. The van der Waals surface area contributed by atoms with Gasteiger partial charge in [-0.15, -0.1) is 9.13 Å². The van der Waals surface area contributed by atoms with Crippen LogP contribution in [0.4, 0.5) is 0 Å². The summed E-state index contributed by atoms with van der Waals surface area (Å²) in [6.45, 7) is 2.72. The maximum Gasteiger partial charge on any atom is 0.417 e. The van der Waals surface area contributed by atoms with Crippen molar-refractivity contribution in [1.29, 1.82) is 0 Å². The van der Waals surface area contributed by atoms with Gasteiger partial charge in [-0.3, -0.25) is 0 Å². The Hall–Kier alpha value is -4.04. The van der Waals surface area contributed by atoms with E-state index in [0.29, 0.717) is 0 Å². The lowest BCUT2D eigenvalue weighted by molar-refractivity contribution is -0.955. The van der Waals surface area contributed by atoms with E-state index < -0.39 is 143 Å². The molecule has 2 aromatic heterocycles. The third-order valence-corrected chi connectivity index (χ3v) is 5.96. The molecule has 2 nitrogen and oxygen atoms in total. The smallest absolute Gasteiger partial charge is 0.126 e. The molecule has 0 amide bonds. The van der Waals surface area contributed by atoms with Crippen LogP contribution in [-0.2, 0) is 5.66 Å². The van der Waals surface area contributed by atoms with Gasteiger partial charge in [-0.1, -0.05) is 53.9 Å². The second kappa shape index (κ2) is 6.49. The molecule has 2 aliphatic rings. The molecule has 1 spiro atoms. The molecule has 0 saturated carbocycles. The van der Waals surface area contributed by atoms with Gasteiger partial charge in [0.15, 0.2) is 12.3 Å². The largest absolute Gasteiger partial charge is 0.417 e. The van der Waals surface area contributed by atoms with Gasteiger partial charge < -0.3 is 0 Å². The fourth-order valence-electron chi connectivity index (χ4n) is 4.72. The van der Waals surface area contributed by atoms with Crippen molar-refractivity contribution in [3.05, 3.63) is 131 Å². The minimum atomic E-state index is -2.50. The first kappa shape index (κ1) is 8.07. The van der Waals surface area contributed by atoms with E-state index in [-0.39, 0.29) is 27.9 Å². The Bertz CT molecular complexity index is 2450. The highest BCUT2D eigenvalue weighted by Crippen LogP contribution is 2.48. The van der Waals surface area contributed by atoms with E-state index in [1.54, 1.807) is 0 Å². The van der Waals surface area contributed by atoms with E-state index in [4.69, 9.17) is 17.8 Å². The number of rotatable bonds is 1. The molecule has 156 valence electrons. The average Bonchev–Trinajstić information content (AvgIpc) is 3.59. The minimum Gasteiger partial charge on any atom is -0.126 e. The van der Waals surface area contributed by atoms with Crippen molar-refractivity contribution in [2.45, 2.75) is 19.5 Å². The van der Waals surface area contributed by atoms with Crippen LogP contribution in [0.3, 0.4) is 0 Å². The van der Waals surface area contributed by atoms with Gasteiger partial charge in [0.25, 0.3) is 0 Å². The van der Waals surface area contributed by atoms with Crippen molar-refractivity contribution < 1.29 is 33.8 Å². The lowest BCUT2D eigenvalue weighted by Gasteiger charge is -2.18. The van der Waals surface area contributed by atoms with E-state index in [1.165, 1.54) is 13.8 Å². The number of aromatic nitrogens is 2. The number of pyridine rings is 2. The van der Waals surface area contributed by atoms with Crippen molar-refractivity contribution in [3.8, 4) is 33.6 Å². The number of nitrogens with zero attached hydrogens (tertiary/aromatic N) is 2. The van der Waals surface area contributed by atoms with Crippen LogP contribution in [0.1, 0.15) is 46.9 Å². The predicted molar refractivity (Wildman–Crippen MR) is 131 cm³/mol. The number of fused-ring (bicyclic) bond motifs is 10. The van der Waals surface area contributed by atoms with Crippen LogP contribution in [0.15, 0.2) is 109 Å². The molecule has 33 heavy (non-hydrogen) atoms. The third-order valence-electron chi connectivity index (χ3n) is 5.96. The maximum absolute atomic E-state index is 9.56. The summed E-state index contributed by atoms with van der Waals surface area (Å²) in [5, 5.41) is 0. The Labute approximate surface area is 219 Å². The molecule has 0 fully saturated rings. The summed E-state index contributed by atoms with van der Waals surface area (Å²) >= 11 is 0. The first-order valence-electron chi connectivity index (χ1n) is 19.1. The van der Waals surface area contributed by atoms with Gasteiger partial charge in [0.2, 0.25) is 11.4 Å². The summed E-state index contributed by atoms with van der Waals surface area (Å²) < 4.78 is 161. The molecule has 7 rings (SSSR count). The molecule has 2 heteroatoms. The zero-order valence-corrected chi connectivity index (χ0v) is 17.4.